The number of alkyl carbamates (subject to hydrolysis) is 1. The van der Waals surface area contributed by atoms with E-state index in [4.69, 9.17) is 9.47 Å². The van der Waals surface area contributed by atoms with E-state index in [-0.39, 0.29) is 6.09 Å². The van der Waals surface area contributed by atoms with E-state index in [1.165, 1.54) is 0 Å². The zero-order valence-corrected chi connectivity index (χ0v) is 10.5. The molecule has 1 aliphatic rings. The van der Waals surface area contributed by atoms with Gasteiger partial charge in [-0.3, -0.25) is 0 Å². The van der Waals surface area contributed by atoms with Gasteiger partial charge >= 0.3 is 6.09 Å². The molecule has 1 heterocycles. The zero-order valence-electron chi connectivity index (χ0n) is 10.5. The fraction of sp³-hybridized carbons (Fsp3) is 0.917. The average Bonchev–Trinajstić information content (AvgIpc) is 2.16. The summed E-state index contributed by atoms with van der Waals surface area (Å²) in [5, 5.41) is 2.78. The van der Waals surface area contributed by atoms with Crippen molar-refractivity contribution in [1.82, 2.24) is 5.32 Å². The number of hydrogen-bond donors (Lipinski definition) is 1. The number of carbonyl (C=O) groups excluding carboxylic acids is 1. The molecule has 0 aliphatic carbocycles. The van der Waals surface area contributed by atoms with Gasteiger partial charge in [0.1, 0.15) is 5.60 Å². The van der Waals surface area contributed by atoms with Crippen LogP contribution in [0, 0.1) is 5.92 Å². The molecule has 4 nitrogen and oxygen atoms in total. The van der Waals surface area contributed by atoms with Crippen LogP contribution in [-0.4, -0.2) is 31.5 Å². The van der Waals surface area contributed by atoms with Gasteiger partial charge in [-0.1, -0.05) is 0 Å². The second-order valence-corrected chi connectivity index (χ2v) is 5.27. The van der Waals surface area contributed by atoms with Gasteiger partial charge in [-0.25, -0.2) is 4.79 Å². The molecule has 1 N–H and O–H groups in total. The summed E-state index contributed by atoms with van der Waals surface area (Å²) < 4.78 is 10.4. The van der Waals surface area contributed by atoms with Crippen LogP contribution >= 0.6 is 0 Å². The first-order chi connectivity index (χ1) is 7.47. The van der Waals surface area contributed by atoms with E-state index < -0.39 is 5.60 Å². The number of amides is 1. The number of rotatable bonds is 3. The molecule has 0 unspecified atom stereocenters. The zero-order chi connectivity index (χ0) is 12.0. The number of ether oxygens (including phenoxy) is 2. The highest BCUT2D eigenvalue weighted by atomic mass is 16.6. The van der Waals surface area contributed by atoms with Crippen LogP contribution in [-0.2, 0) is 9.47 Å². The highest BCUT2D eigenvalue weighted by Crippen LogP contribution is 2.17. The van der Waals surface area contributed by atoms with Crippen molar-refractivity contribution in [2.45, 2.75) is 45.6 Å². The van der Waals surface area contributed by atoms with Gasteiger partial charge < -0.3 is 14.8 Å². The molecule has 0 aromatic heterocycles. The van der Waals surface area contributed by atoms with Gasteiger partial charge in [0, 0.05) is 19.8 Å². The Kier molecular flexibility index (Phi) is 5.06. The van der Waals surface area contributed by atoms with E-state index in [0.717, 1.165) is 32.5 Å². The van der Waals surface area contributed by atoms with E-state index in [1.54, 1.807) is 0 Å². The Bertz CT molecular complexity index is 217. The predicted molar refractivity (Wildman–Crippen MR) is 62.4 cm³/mol. The van der Waals surface area contributed by atoms with Crippen LogP contribution in [0.25, 0.3) is 0 Å². The van der Waals surface area contributed by atoms with Crippen LogP contribution in [0.4, 0.5) is 4.79 Å². The second-order valence-electron chi connectivity index (χ2n) is 5.27. The van der Waals surface area contributed by atoms with Crippen molar-refractivity contribution >= 4 is 6.09 Å². The van der Waals surface area contributed by atoms with Gasteiger partial charge in [0.05, 0.1) is 0 Å². The maximum Gasteiger partial charge on any atom is 0.407 e. The lowest BCUT2D eigenvalue weighted by Gasteiger charge is -2.23. The molecule has 1 amide bonds. The minimum absolute atomic E-state index is 0.320. The summed E-state index contributed by atoms with van der Waals surface area (Å²) in [4.78, 5) is 11.3. The minimum Gasteiger partial charge on any atom is -0.444 e. The van der Waals surface area contributed by atoms with E-state index in [9.17, 15) is 4.79 Å². The molecular weight excluding hydrogens is 206 g/mol. The lowest BCUT2D eigenvalue weighted by molar-refractivity contribution is 0.0500. The molecule has 0 atom stereocenters. The predicted octanol–water partition coefficient (Wildman–Crippen LogP) is 2.33. The Morgan fingerprint density at radius 2 is 2.00 bits per heavy atom. The maximum atomic E-state index is 11.3. The quantitative estimate of drug-likeness (QED) is 0.808. The van der Waals surface area contributed by atoms with Crippen LogP contribution in [0.5, 0.6) is 0 Å². The first-order valence-electron chi connectivity index (χ1n) is 6.02. The molecule has 1 fully saturated rings. The van der Waals surface area contributed by atoms with Gasteiger partial charge in [0.25, 0.3) is 0 Å². The highest BCUT2D eigenvalue weighted by Gasteiger charge is 2.17. The summed E-state index contributed by atoms with van der Waals surface area (Å²) in [6.07, 6.45) is 2.91. The molecule has 94 valence electrons. The SMILES string of the molecule is CC(C)(C)OC(=O)NCCC1CCOCC1. The number of carbonyl (C=O) groups is 1. The van der Waals surface area contributed by atoms with Crippen molar-refractivity contribution in [2.75, 3.05) is 19.8 Å². The Balaban J connectivity index is 2.08. The van der Waals surface area contributed by atoms with Crippen LogP contribution in [0.3, 0.4) is 0 Å². The summed E-state index contributed by atoms with van der Waals surface area (Å²) in [5.74, 6) is 0.684. The van der Waals surface area contributed by atoms with Crippen LogP contribution in [0.15, 0.2) is 0 Å². The molecule has 1 rings (SSSR count). The molecule has 4 heteroatoms. The Morgan fingerprint density at radius 3 is 2.56 bits per heavy atom. The summed E-state index contributed by atoms with van der Waals surface area (Å²) in [6, 6.07) is 0. The largest absolute Gasteiger partial charge is 0.444 e. The molecule has 0 saturated carbocycles. The summed E-state index contributed by atoms with van der Waals surface area (Å²) in [5.41, 5.74) is -0.414. The van der Waals surface area contributed by atoms with Crippen molar-refractivity contribution in [2.24, 2.45) is 5.92 Å². The maximum absolute atomic E-state index is 11.3. The topological polar surface area (TPSA) is 47.6 Å². The highest BCUT2D eigenvalue weighted by molar-refractivity contribution is 5.67. The number of hydrogen-bond acceptors (Lipinski definition) is 3. The third kappa shape index (κ3) is 5.95. The average molecular weight is 229 g/mol. The molecule has 1 aliphatic heterocycles. The summed E-state index contributed by atoms with van der Waals surface area (Å²) in [6.45, 7) is 8.01. The van der Waals surface area contributed by atoms with Crippen molar-refractivity contribution in [3.05, 3.63) is 0 Å². The summed E-state index contributed by atoms with van der Waals surface area (Å²) >= 11 is 0. The van der Waals surface area contributed by atoms with Crippen LogP contribution in [0.1, 0.15) is 40.0 Å². The normalized spacial score (nSPS) is 18.2. The van der Waals surface area contributed by atoms with Crippen molar-refractivity contribution in [3.8, 4) is 0 Å². The molecule has 0 spiro atoms. The van der Waals surface area contributed by atoms with Crippen molar-refractivity contribution in [3.63, 3.8) is 0 Å². The third-order valence-corrected chi connectivity index (χ3v) is 2.56. The van der Waals surface area contributed by atoms with Crippen LogP contribution < -0.4 is 5.32 Å². The molecule has 16 heavy (non-hydrogen) atoms. The van der Waals surface area contributed by atoms with Gasteiger partial charge in [-0.05, 0) is 46.0 Å². The molecule has 1 saturated heterocycles. The molecular formula is C12H23NO3. The Hall–Kier alpha value is -0.770. The molecule has 0 aromatic carbocycles. The smallest absolute Gasteiger partial charge is 0.407 e. The fourth-order valence-corrected chi connectivity index (χ4v) is 1.73. The van der Waals surface area contributed by atoms with Gasteiger partial charge in [-0.15, -0.1) is 0 Å². The minimum atomic E-state index is -0.414. The second kappa shape index (κ2) is 6.09. The molecule has 0 radical (unpaired) electrons. The van der Waals surface area contributed by atoms with E-state index in [2.05, 4.69) is 5.32 Å². The lowest BCUT2D eigenvalue weighted by Crippen LogP contribution is -2.34. The Labute approximate surface area is 97.7 Å². The first kappa shape index (κ1) is 13.3. The van der Waals surface area contributed by atoms with Gasteiger partial charge in [0.15, 0.2) is 0 Å². The summed E-state index contributed by atoms with van der Waals surface area (Å²) in [7, 11) is 0. The lowest BCUT2D eigenvalue weighted by atomic mass is 9.97. The Morgan fingerprint density at radius 1 is 1.38 bits per heavy atom. The van der Waals surface area contributed by atoms with Crippen molar-refractivity contribution in [1.29, 1.82) is 0 Å². The standard InChI is InChI=1S/C12H23NO3/c1-12(2,3)16-11(14)13-7-4-10-5-8-15-9-6-10/h10H,4-9H2,1-3H3,(H,13,14). The van der Waals surface area contributed by atoms with Crippen LogP contribution in [0.2, 0.25) is 0 Å². The first-order valence-corrected chi connectivity index (χ1v) is 6.02. The van der Waals surface area contributed by atoms with Gasteiger partial charge in [0.2, 0.25) is 0 Å². The van der Waals surface area contributed by atoms with Crippen molar-refractivity contribution < 1.29 is 14.3 Å². The monoisotopic (exact) mass is 229 g/mol. The molecule has 0 aromatic rings. The molecule has 0 bridgehead atoms. The van der Waals surface area contributed by atoms with E-state index >= 15 is 0 Å². The van der Waals surface area contributed by atoms with E-state index in [0.29, 0.717) is 12.5 Å². The van der Waals surface area contributed by atoms with Gasteiger partial charge in [-0.2, -0.15) is 0 Å². The third-order valence-electron chi connectivity index (χ3n) is 2.56. The fourth-order valence-electron chi connectivity index (χ4n) is 1.73. The number of nitrogens with one attached hydrogen (secondary N) is 1. The van der Waals surface area contributed by atoms with E-state index in [1.807, 2.05) is 20.8 Å².